The molecule has 1 atom stereocenters. The number of anilines is 3. The quantitative estimate of drug-likeness (QED) is 0.0532. The molecule has 0 spiro atoms. The maximum Gasteiger partial charge on any atom is 0.272 e. The standard InChI is InChI=1S/C30H34BrN9O5S/c1-38-16-20(12-23(38)28(42)34-10-8-26(32)33)36-30(44)25-14-21(17-40(25)3)37-29(43)24-13-19(15-39(24)2)35-27(41)18-4-6-22(7-5-18)46(45)11-9-31/h4-7,12-17H,8-11H2,1-3H3,(H3,32,33)(H,34,42)(H,35,41)(H,36,44)(H,37,43). The van der Waals surface area contributed by atoms with Gasteiger partial charge >= 0.3 is 0 Å². The Kier molecular flexibility index (Phi) is 11.1. The highest BCUT2D eigenvalue weighted by Gasteiger charge is 2.19. The third-order valence-electron chi connectivity index (χ3n) is 6.81. The first-order valence-corrected chi connectivity index (χ1v) is 16.4. The van der Waals surface area contributed by atoms with E-state index in [1.165, 1.54) is 18.2 Å². The number of aromatic nitrogens is 3. The van der Waals surface area contributed by atoms with Gasteiger partial charge in [-0.3, -0.25) is 24.6 Å². The van der Waals surface area contributed by atoms with E-state index in [2.05, 4.69) is 37.2 Å². The number of nitrogens with zero attached hydrogens (tertiary/aromatic N) is 3. The number of aryl methyl sites for hydroxylation is 3. The highest BCUT2D eigenvalue weighted by atomic mass is 79.9. The summed E-state index contributed by atoms with van der Waals surface area (Å²) in [6.45, 7) is 0.217. The first-order chi connectivity index (χ1) is 21.9. The zero-order chi connectivity index (χ0) is 33.5. The fraction of sp³-hybridized carbons (Fsp3) is 0.233. The van der Waals surface area contributed by atoms with E-state index in [1.54, 1.807) is 77.7 Å². The summed E-state index contributed by atoms with van der Waals surface area (Å²) >= 11 is 2.12. The van der Waals surface area contributed by atoms with Crippen molar-refractivity contribution in [2.45, 2.75) is 11.3 Å². The fourth-order valence-electron chi connectivity index (χ4n) is 4.52. The van der Waals surface area contributed by atoms with Crippen LogP contribution < -0.4 is 27.0 Å². The second kappa shape index (κ2) is 15.0. The number of amides is 4. The van der Waals surface area contributed by atoms with Crippen molar-refractivity contribution in [1.82, 2.24) is 19.0 Å². The minimum Gasteiger partial charge on any atom is -0.611 e. The van der Waals surface area contributed by atoms with Crippen molar-refractivity contribution >= 4 is 73.6 Å². The van der Waals surface area contributed by atoms with Gasteiger partial charge in [-0.05, 0) is 53.6 Å². The second-order valence-corrected chi connectivity index (χ2v) is 12.7. The lowest BCUT2D eigenvalue weighted by Crippen LogP contribution is -2.28. The summed E-state index contributed by atoms with van der Waals surface area (Å²) in [7, 11) is 4.99. The number of hydrogen-bond donors (Lipinski definition) is 6. The molecule has 14 nitrogen and oxygen atoms in total. The van der Waals surface area contributed by atoms with Gasteiger partial charge in [-0.25, -0.2) is 0 Å². The Balaban J connectivity index is 1.37. The third-order valence-corrected chi connectivity index (χ3v) is 9.10. The molecule has 0 aliphatic heterocycles. The number of carbonyl (C=O) groups excluding carboxylic acids is 4. The topological polar surface area (TPSA) is 204 Å². The van der Waals surface area contributed by atoms with Crippen molar-refractivity contribution in [2.24, 2.45) is 26.9 Å². The molecule has 0 radical (unpaired) electrons. The monoisotopic (exact) mass is 711 g/mol. The number of amidine groups is 1. The molecule has 4 amide bonds. The van der Waals surface area contributed by atoms with Crippen LogP contribution in [0.25, 0.3) is 0 Å². The summed E-state index contributed by atoms with van der Waals surface area (Å²) < 4.78 is 16.8. The Morgan fingerprint density at radius 3 is 1.65 bits per heavy atom. The number of benzene rings is 1. The van der Waals surface area contributed by atoms with Gasteiger partial charge in [0, 0.05) is 63.6 Å². The molecule has 0 saturated carbocycles. The van der Waals surface area contributed by atoms with Gasteiger partial charge in [0.05, 0.1) is 22.9 Å². The lowest BCUT2D eigenvalue weighted by Gasteiger charge is -2.09. The van der Waals surface area contributed by atoms with Crippen molar-refractivity contribution in [2.75, 3.05) is 33.6 Å². The van der Waals surface area contributed by atoms with Gasteiger partial charge in [-0.15, -0.1) is 0 Å². The Morgan fingerprint density at radius 2 is 1.22 bits per heavy atom. The van der Waals surface area contributed by atoms with E-state index in [1.807, 2.05) is 0 Å². The van der Waals surface area contributed by atoms with E-state index < -0.39 is 23.0 Å². The van der Waals surface area contributed by atoms with Crippen LogP contribution in [0.15, 0.2) is 66.0 Å². The van der Waals surface area contributed by atoms with Gasteiger partial charge in [-0.2, -0.15) is 0 Å². The second-order valence-electron chi connectivity index (χ2n) is 10.3. The molecule has 3 aromatic heterocycles. The van der Waals surface area contributed by atoms with Crippen LogP contribution >= 0.6 is 15.9 Å². The molecule has 1 unspecified atom stereocenters. The Hall–Kier alpha value is -4.80. The van der Waals surface area contributed by atoms with Crippen molar-refractivity contribution in [1.29, 1.82) is 5.41 Å². The molecule has 4 rings (SSSR count). The predicted octanol–water partition coefficient (Wildman–Crippen LogP) is 3.02. The summed E-state index contributed by atoms with van der Waals surface area (Å²) in [5.74, 6) is -1.22. The van der Waals surface area contributed by atoms with Crippen LogP contribution in [0.1, 0.15) is 48.2 Å². The average molecular weight is 713 g/mol. The maximum atomic E-state index is 13.1. The van der Waals surface area contributed by atoms with Gasteiger partial charge in [0.2, 0.25) is 0 Å². The van der Waals surface area contributed by atoms with E-state index in [-0.39, 0.29) is 42.0 Å². The van der Waals surface area contributed by atoms with Crippen LogP contribution in [0.2, 0.25) is 0 Å². The largest absolute Gasteiger partial charge is 0.611 e. The van der Waals surface area contributed by atoms with Gasteiger partial charge in [0.1, 0.15) is 22.8 Å². The fourth-order valence-corrected chi connectivity index (χ4v) is 6.21. The molecule has 0 saturated heterocycles. The third kappa shape index (κ3) is 8.47. The van der Waals surface area contributed by atoms with E-state index in [9.17, 15) is 23.7 Å². The van der Waals surface area contributed by atoms with Crippen molar-refractivity contribution in [3.05, 3.63) is 83.7 Å². The van der Waals surface area contributed by atoms with Crippen LogP contribution in [0, 0.1) is 5.41 Å². The summed E-state index contributed by atoms with van der Waals surface area (Å²) in [6.07, 6.45) is 5.02. The number of halogens is 1. The first kappa shape index (κ1) is 34.1. The zero-order valence-corrected chi connectivity index (χ0v) is 27.8. The summed E-state index contributed by atoms with van der Waals surface area (Å²) in [6, 6.07) is 11.1. The molecule has 0 fully saturated rings. The molecule has 0 aliphatic rings. The minimum atomic E-state index is -1.15. The van der Waals surface area contributed by atoms with Gasteiger partial charge < -0.3 is 45.3 Å². The molecule has 0 bridgehead atoms. The molecule has 1 aromatic carbocycles. The number of alkyl halides is 1. The zero-order valence-electron chi connectivity index (χ0n) is 25.3. The van der Waals surface area contributed by atoms with Crippen molar-refractivity contribution < 1.29 is 23.7 Å². The first-order valence-electron chi connectivity index (χ1n) is 13.9. The van der Waals surface area contributed by atoms with Crippen LogP contribution in [-0.2, 0) is 32.3 Å². The molecule has 46 heavy (non-hydrogen) atoms. The van der Waals surface area contributed by atoms with Crippen molar-refractivity contribution in [3.8, 4) is 0 Å². The van der Waals surface area contributed by atoms with Crippen LogP contribution in [0.3, 0.4) is 0 Å². The highest BCUT2D eigenvalue weighted by Crippen LogP contribution is 2.21. The molecule has 0 aliphatic carbocycles. The molecular weight excluding hydrogens is 678 g/mol. The maximum absolute atomic E-state index is 13.1. The lowest BCUT2D eigenvalue weighted by molar-refractivity contribution is 0.0944. The van der Waals surface area contributed by atoms with Gasteiger partial charge in [0.15, 0.2) is 4.90 Å². The van der Waals surface area contributed by atoms with Crippen molar-refractivity contribution in [3.63, 3.8) is 0 Å². The normalized spacial score (nSPS) is 11.5. The summed E-state index contributed by atoms with van der Waals surface area (Å²) in [5.41, 5.74) is 7.72. The SMILES string of the molecule is Cn1cc(NC(=O)c2cc(NC(=O)c3cc(NC(=O)c4ccc([S+]([O-])CCBr)cc4)cn3C)cn2C)cc1C(=O)NCCC(=N)N. The van der Waals surface area contributed by atoms with E-state index in [4.69, 9.17) is 11.1 Å². The Bertz CT molecular complexity index is 1780. The average Bonchev–Trinajstić information content (AvgIpc) is 3.68. The van der Waals surface area contributed by atoms with E-state index in [0.29, 0.717) is 44.3 Å². The number of carbonyl (C=O) groups is 4. The lowest BCUT2D eigenvalue weighted by atomic mass is 10.2. The summed E-state index contributed by atoms with van der Waals surface area (Å²) in [5, 5.41) is 18.8. The van der Waals surface area contributed by atoms with Crippen LogP contribution in [0.5, 0.6) is 0 Å². The predicted molar refractivity (Wildman–Crippen MR) is 180 cm³/mol. The van der Waals surface area contributed by atoms with Gasteiger partial charge in [0.25, 0.3) is 23.6 Å². The highest BCUT2D eigenvalue weighted by molar-refractivity contribution is 9.09. The smallest absolute Gasteiger partial charge is 0.272 e. The number of hydrogen-bond acceptors (Lipinski definition) is 6. The number of nitrogens with two attached hydrogens (primary N) is 1. The van der Waals surface area contributed by atoms with Crippen LogP contribution in [-0.4, -0.2) is 65.3 Å². The van der Waals surface area contributed by atoms with E-state index in [0.717, 1.165) is 0 Å². The molecule has 4 aromatic rings. The molecule has 242 valence electrons. The Labute approximate surface area is 276 Å². The van der Waals surface area contributed by atoms with Gasteiger partial charge in [-0.1, -0.05) is 15.9 Å². The minimum absolute atomic E-state index is 0.0316. The summed E-state index contributed by atoms with van der Waals surface area (Å²) in [4.78, 5) is 52.0. The molecule has 16 heteroatoms. The Morgan fingerprint density at radius 1 is 0.783 bits per heavy atom. The molecular formula is C30H34BrN9O5S. The molecule has 3 heterocycles. The number of rotatable bonds is 13. The molecule has 7 N–H and O–H groups in total. The number of nitrogens with one attached hydrogen (secondary N) is 5. The van der Waals surface area contributed by atoms with E-state index >= 15 is 0 Å². The van der Waals surface area contributed by atoms with Crippen LogP contribution in [0.4, 0.5) is 17.1 Å².